The van der Waals surface area contributed by atoms with Crippen LogP contribution in [0.1, 0.15) is 24.5 Å². The molecule has 3 heteroatoms. The number of aryl methyl sites for hydroxylation is 2. The Kier molecular flexibility index (Phi) is 2.88. The van der Waals surface area contributed by atoms with E-state index in [1.165, 1.54) is 17.5 Å². The van der Waals surface area contributed by atoms with Gasteiger partial charge in [0.2, 0.25) is 0 Å². The summed E-state index contributed by atoms with van der Waals surface area (Å²) in [5, 5.41) is 8.29. The van der Waals surface area contributed by atoms with Crippen molar-refractivity contribution >= 4 is 10.8 Å². The van der Waals surface area contributed by atoms with Gasteiger partial charge in [-0.2, -0.15) is 5.26 Å². The molecule has 0 N–H and O–H groups in total. The molecule has 0 saturated carbocycles. The first-order chi connectivity index (χ1) is 7.22. The van der Waals surface area contributed by atoms with Crippen molar-refractivity contribution in [1.29, 1.82) is 5.26 Å². The van der Waals surface area contributed by atoms with Crippen LogP contribution in [-0.4, -0.2) is 9.46 Å². The molecule has 0 bridgehead atoms. The minimum absolute atomic E-state index is 0.426. The van der Waals surface area contributed by atoms with Crippen LogP contribution in [0.5, 0.6) is 0 Å². The van der Waals surface area contributed by atoms with Crippen molar-refractivity contribution in [2.24, 2.45) is 0 Å². The standard InChI is InChI=1S/C12H13NOS/c1-9(8-13)15(14)12-6-5-10-3-2-4-11(10)7-12/h5-7,9H,2-4H2,1H3. The Morgan fingerprint density at radius 2 is 2.13 bits per heavy atom. The minimum Gasteiger partial charge on any atom is -0.253 e. The highest BCUT2D eigenvalue weighted by atomic mass is 32.2. The molecule has 0 fully saturated rings. The van der Waals surface area contributed by atoms with Crippen LogP contribution in [0.15, 0.2) is 23.1 Å². The maximum Gasteiger partial charge on any atom is 0.123 e. The van der Waals surface area contributed by atoms with Crippen molar-refractivity contribution in [3.63, 3.8) is 0 Å². The normalized spacial score (nSPS) is 17.9. The van der Waals surface area contributed by atoms with Gasteiger partial charge in [0.25, 0.3) is 0 Å². The van der Waals surface area contributed by atoms with Crippen molar-refractivity contribution in [3.8, 4) is 6.07 Å². The van der Waals surface area contributed by atoms with Crippen LogP contribution < -0.4 is 0 Å². The average molecular weight is 219 g/mol. The third-order valence-corrected chi connectivity index (χ3v) is 4.27. The van der Waals surface area contributed by atoms with Crippen molar-refractivity contribution < 1.29 is 4.21 Å². The average Bonchev–Trinajstić information content (AvgIpc) is 2.73. The second kappa shape index (κ2) is 4.16. The molecule has 0 heterocycles. The summed E-state index contributed by atoms with van der Waals surface area (Å²) in [6, 6.07) is 7.99. The van der Waals surface area contributed by atoms with Crippen LogP contribution in [0, 0.1) is 11.3 Å². The van der Waals surface area contributed by atoms with Crippen LogP contribution in [0.25, 0.3) is 0 Å². The molecule has 2 atom stereocenters. The van der Waals surface area contributed by atoms with E-state index in [2.05, 4.69) is 6.07 Å². The first-order valence-electron chi connectivity index (χ1n) is 5.14. The Labute approximate surface area is 92.4 Å². The number of hydrogen-bond acceptors (Lipinski definition) is 2. The van der Waals surface area contributed by atoms with Gasteiger partial charge in [-0.3, -0.25) is 4.21 Å². The molecule has 2 nitrogen and oxygen atoms in total. The second-order valence-corrected chi connectivity index (χ2v) is 5.63. The summed E-state index contributed by atoms with van der Waals surface area (Å²) in [5.41, 5.74) is 2.69. The molecule has 0 amide bonds. The van der Waals surface area contributed by atoms with Crippen molar-refractivity contribution in [2.75, 3.05) is 0 Å². The highest BCUT2D eigenvalue weighted by molar-refractivity contribution is 7.86. The SMILES string of the molecule is CC(C#N)S(=O)c1ccc2c(c1)CCC2. The molecule has 0 aliphatic heterocycles. The van der Waals surface area contributed by atoms with Gasteiger partial charge in [-0.15, -0.1) is 0 Å². The van der Waals surface area contributed by atoms with E-state index < -0.39 is 16.0 Å². The lowest BCUT2D eigenvalue weighted by Crippen LogP contribution is -2.08. The zero-order valence-electron chi connectivity index (χ0n) is 8.69. The van der Waals surface area contributed by atoms with Gasteiger partial charge in [-0.05, 0) is 49.4 Å². The Bertz CT molecular complexity index is 447. The topological polar surface area (TPSA) is 40.9 Å². The van der Waals surface area contributed by atoms with Crippen molar-refractivity contribution in [1.82, 2.24) is 0 Å². The van der Waals surface area contributed by atoms with Crippen LogP contribution in [0.4, 0.5) is 0 Å². The number of nitriles is 1. The number of nitrogens with zero attached hydrogens (tertiary/aromatic N) is 1. The largest absolute Gasteiger partial charge is 0.253 e. The predicted octanol–water partition coefficient (Wildman–Crippen LogP) is 2.19. The van der Waals surface area contributed by atoms with Crippen molar-refractivity contribution in [3.05, 3.63) is 29.3 Å². The number of rotatable bonds is 2. The number of hydrogen-bond donors (Lipinski definition) is 0. The summed E-state index contributed by atoms with van der Waals surface area (Å²) < 4.78 is 11.9. The first-order valence-corrected chi connectivity index (χ1v) is 6.35. The molecule has 2 unspecified atom stereocenters. The molecule has 1 aromatic carbocycles. The quantitative estimate of drug-likeness (QED) is 0.765. The zero-order chi connectivity index (χ0) is 10.8. The lowest BCUT2D eigenvalue weighted by Gasteiger charge is -2.06. The third-order valence-electron chi connectivity index (χ3n) is 2.81. The Balaban J connectivity index is 2.31. The van der Waals surface area contributed by atoms with E-state index in [1.54, 1.807) is 6.92 Å². The third kappa shape index (κ3) is 1.95. The van der Waals surface area contributed by atoms with E-state index in [0.717, 1.165) is 17.7 Å². The van der Waals surface area contributed by atoms with Gasteiger partial charge >= 0.3 is 0 Å². The molecule has 1 aromatic rings. The van der Waals surface area contributed by atoms with Gasteiger partial charge in [-0.25, -0.2) is 0 Å². The summed E-state index contributed by atoms with van der Waals surface area (Å²) in [4.78, 5) is 0.796. The number of benzene rings is 1. The summed E-state index contributed by atoms with van der Waals surface area (Å²) >= 11 is 0. The Morgan fingerprint density at radius 3 is 2.87 bits per heavy atom. The van der Waals surface area contributed by atoms with Crippen molar-refractivity contribution in [2.45, 2.75) is 36.3 Å². The molecular weight excluding hydrogens is 206 g/mol. The molecule has 0 radical (unpaired) electrons. The van der Waals surface area contributed by atoms with Crippen LogP contribution in [0.3, 0.4) is 0 Å². The van der Waals surface area contributed by atoms with Crippen LogP contribution >= 0.6 is 0 Å². The highest BCUT2D eigenvalue weighted by Gasteiger charge is 2.16. The van der Waals surface area contributed by atoms with E-state index in [-0.39, 0.29) is 0 Å². The maximum atomic E-state index is 11.9. The van der Waals surface area contributed by atoms with E-state index >= 15 is 0 Å². The molecule has 1 aliphatic carbocycles. The monoisotopic (exact) mass is 219 g/mol. The lowest BCUT2D eigenvalue weighted by atomic mass is 10.1. The van der Waals surface area contributed by atoms with Gasteiger partial charge in [-0.1, -0.05) is 6.07 Å². The fraction of sp³-hybridized carbons (Fsp3) is 0.417. The maximum absolute atomic E-state index is 11.9. The summed E-state index contributed by atoms with van der Waals surface area (Å²) in [6.07, 6.45) is 3.41. The highest BCUT2D eigenvalue weighted by Crippen LogP contribution is 2.24. The summed E-state index contributed by atoms with van der Waals surface area (Å²) in [5.74, 6) is 0. The fourth-order valence-corrected chi connectivity index (χ4v) is 2.89. The fourth-order valence-electron chi connectivity index (χ4n) is 1.93. The van der Waals surface area contributed by atoms with Gasteiger partial charge in [0, 0.05) is 4.90 Å². The molecule has 2 rings (SSSR count). The van der Waals surface area contributed by atoms with Crippen LogP contribution in [-0.2, 0) is 23.6 Å². The van der Waals surface area contributed by atoms with Gasteiger partial charge in [0.15, 0.2) is 0 Å². The van der Waals surface area contributed by atoms with E-state index in [1.807, 2.05) is 18.2 Å². The second-order valence-electron chi connectivity index (χ2n) is 3.85. The minimum atomic E-state index is -1.18. The van der Waals surface area contributed by atoms with Gasteiger partial charge in [0.1, 0.15) is 5.25 Å². The lowest BCUT2D eigenvalue weighted by molar-refractivity contribution is 0.680. The first kappa shape index (κ1) is 10.4. The van der Waals surface area contributed by atoms with Gasteiger partial charge < -0.3 is 0 Å². The van der Waals surface area contributed by atoms with E-state index in [4.69, 9.17) is 5.26 Å². The molecule has 0 saturated heterocycles. The molecular formula is C12H13NOS. The van der Waals surface area contributed by atoms with Crippen LogP contribution in [0.2, 0.25) is 0 Å². The predicted molar refractivity (Wildman–Crippen MR) is 60.0 cm³/mol. The molecule has 0 spiro atoms. The molecule has 15 heavy (non-hydrogen) atoms. The number of fused-ring (bicyclic) bond motifs is 1. The molecule has 78 valence electrons. The molecule has 1 aliphatic rings. The van der Waals surface area contributed by atoms with Gasteiger partial charge in [0.05, 0.1) is 16.9 Å². The smallest absolute Gasteiger partial charge is 0.123 e. The zero-order valence-corrected chi connectivity index (χ0v) is 9.51. The van der Waals surface area contributed by atoms with E-state index in [9.17, 15) is 4.21 Å². The Morgan fingerprint density at radius 1 is 1.40 bits per heavy atom. The Hall–Kier alpha value is -1.14. The van der Waals surface area contributed by atoms with E-state index in [0.29, 0.717) is 0 Å². The summed E-state index contributed by atoms with van der Waals surface area (Å²) in [7, 11) is -1.18. The summed E-state index contributed by atoms with van der Waals surface area (Å²) in [6.45, 7) is 1.70. The molecule has 0 aromatic heterocycles.